The van der Waals surface area contributed by atoms with Gasteiger partial charge in [-0.2, -0.15) is 14.9 Å². The van der Waals surface area contributed by atoms with Crippen molar-refractivity contribution in [2.75, 3.05) is 0 Å². The van der Waals surface area contributed by atoms with E-state index in [0.717, 1.165) is 24.2 Å². The minimum atomic E-state index is 0.503. The van der Waals surface area contributed by atoms with Crippen LogP contribution in [0.15, 0.2) is 29.4 Å². The summed E-state index contributed by atoms with van der Waals surface area (Å²) in [6.45, 7) is 2.09. The lowest BCUT2D eigenvalue weighted by molar-refractivity contribution is 0.740. The van der Waals surface area contributed by atoms with Crippen molar-refractivity contribution >= 4 is 30.0 Å². The first kappa shape index (κ1) is 13.0. The lowest BCUT2D eigenvalue weighted by Crippen LogP contribution is -1.98. The van der Waals surface area contributed by atoms with Gasteiger partial charge in [-0.1, -0.05) is 30.7 Å². The molecule has 4 nitrogen and oxygen atoms in total. The van der Waals surface area contributed by atoms with E-state index in [1.165, 1.54) is 0 Å². The number of hydrogen-bond donors (Lipinski definition) is 1. The summed E-state index contributed by atoms with van der Waals surface area (Å²) in [5.74, 6) is 0.840. The maximum atomic E-state index is 5.82. The quantitative estimate of drug-likeness (QED) is 0.689. The molecule has 0 aliphatic carbocycles. The van der Waals surface area contributed by atoms with E-state index in [2.05, 4.69) is 22.2 Å². The molecule has 0 unspecified atom stereocenters. The van der Waals surface area contributed by atoms with Gasteiger partial charge < -0.3 is 0 Å². The lowest BCUT2D eigenvalue weighted by atomic mass is 10.2. The van der Waals surface area contributed by atoms with Gasteiger partial charge in [-0.25, -0.2) is 0 Å². The first-order chi connectivity index (χ1) is 8.70. The van der Waals surface area contributed by atoms with Gasteiger partial charge in [-0.3, -0.25) is 5.10 Å². The Bertz CT molecular complexity index is 597. The fourth-order valence-corrected chi connectivity index (χ4v) is 1.83. The molecule has 0 saturated heterocycles. The van der Waals surface area contributed by atoms with Gasteiger partial charge in [0, 0.05) is 11.4 Å². The van der Waals surface area contributed by atoms with E-state index >= 15 is 0 Å². The molecule has 0 radical (unpaired) electrons. The fraction of sp³-hybridized carbons (Fsp3) is 0.250. The van der Waals surface area contributed by atoms with Crippen molar-refractivity contribution in [3.05, 3.63) is 45.4 Å². The molecular formula is C12H13ClN4S. The molecular weight excluding hydrogens is 268 g/mol. The third-order valence-electron chi connectivity index (χ3n) is 2.38. The summed E-state index contributed by atoms with van der Waals surface area (Å²) in [5.41, 5.74) is 0.963. The van der Waals surface area contributed by atoms with Crippen LogP contribution in [0, 0.1) is 4.77 Å². The maximum absolute atomic E-state index is 5.82. The van der Waals surface area contributed by atoms with Crippen molar-refractivity contribution in [2.45, 2.75) is 19.8 Å². The van der Waals surface area contributed by atoms with Gasteiger partial charge in [0.25, 0.3) is 0 Å². The molecule has 0 bridgehead atoms. The monoisotopic (exact) mass is 280 g/mol. The SMILES string of the molecule is CCCc1n[nH]c(=S)n1/N=C\c1ccc(Cl)cc1. The minimum absolute atomic E-state index is 0.503. The summed E-state index contributed by atoms with van der Waals surface area (Å²) in [6, 6.07) is 7.44. The smallest absolute Gasteiger partial charge is 0.216 e. The molecule has 0 atom stereocenters. The largest absolute Gasteiger partial charge is 0.250 e. The van der Waals surface area contributed by atoms with Crippen molar-refractivity contribution < 1.29 is 0 Å². The molecule has 2 rings (SSSR count). The molecule has 1 N–H and O–H groups in total. The standard InChI is InChI=1S/C12H13ClN4S/c1-2-3-11-15-16-12(18)17(11)14-8-9-4-6-10(13)7-5-9/h4-8H,2-3H2,1H3,(H,16,18)/b14-8-. The van der Waals surface area contributed by atoms with Crippen molar-refractivity contribution in [3.8, 4) is 0 Å². The summed E-state index contributed by atoms with van der Waals surface area (Å²) in [7, 11) is 0. The summed E-state index contributed by atoms with van der Waals surface area (Å²) >= 11 is 11.0. The topological polar surface area (TPSA) is 46.0 Å². The number of aromatic nitrogens is 3. The van der Waals surface area contributed by atoms with Crippen LogP contribution in [0.2, 0.25) is 5.02 Å². The van der Waals surface area contributed by atoms with E-state index in [1.807, 2.05) is 24.3 Å². The second-order valence-corrected chi connectivity index (χ2v) is 4.63. The molecule has 1 aromatic carbocycles. The Hall–Kier alpha value is -1.46. The van der Waals surface area contributed by atoms with Crippen LogP contribution in [-0.2, 0) is 6.42 Å². The number of benzene rings is 1. The van der Waals surface area contributed by atoms with Crippen LogP contribution in [0.3, 0.4) is 0 Å². The Morgan fingerprint density at radius 2 is 2.17 bits per heavy atom. The number of aromatic amines is 1. The van der Waals surface area contributed by atoms with Gasteiger partial charge in [0.2, 0.25) is 4.77 Å². The fourth-order valence-electron chi connectivity index (χ4n) is 1.50. The summed E-state index contributed by atoms with van der Waals surface area (Å²) in [5, 5.41) is 11.9. The Labute approximate surface area is 115 Å². The molecule has 0 amide bonds. The summed E-state index contributed by atoms with van der Waals surface area (Å²) in [4.78, 5) is 0. The minimum Gasteiger partial charge on any atom is -0.250 e. The molecule has 18 heavy (non-hydrogen) atoms. The predicted octanol–water partition coefficient (Wildman–Crippen LogP) is 3.43. The zero-order valence-electron chi connectivity index (χ0n) is 9.93. The molecule has 6 heteroatoms. The zero-order chi connectivity index (χ0) is 13.0. The van der Waals surface area contributed by atoms with Gasteiger partial charge in [0.1, 0.15) is 0 Å². The molecule has 0 aliphatic rings. The van der Waals surface area contributed by atoms with Gasteiger partial charge in [0.15, 0.2) is 5.82 Å². The van der Waals surface area contributed by atoms with Crippen molar-refractivity contribution in [1.82, 2.24) is 14.9 Å². The molecule has 94 valence electrons. The third kappa shape index (κ3) is 3.05. The highest BCUT2D eigenvalue weighted by Crippen LogP contribution is 2.08. The number of nitrogens with one attached hydrogen (secondary N) is 1. The number of aryl methyl sites for hydroxylation is 1. The molecule has 2 aromatic rings. The highest BCUT2D eigenvalue weighted by atomic mass is 35.5. The van der Waals surface area contributed by atoms with Gasteiger partial charge in [-0.15, -0.1) is 0 Å². The van der Waals surface area contributed by atoms with Crippen molar-refractivity contribution in [1.29, 1.82) is 0 Å². The van der Waals surface area contributed by atoms with E-state index in [9.17, 15) is 0 Å². The van der Waals surface area contributed by atoms with Crippen LogP contribution in [-0.4, -0.2) is 21.1 Å². The Balaban J connectivity index is 2.25. The Morgan fingerprint density at radius 3 is 2.83 bits per heavy atom. The van der Waals surface area contributed by atoms with Gasteiger partial charge >= 0.3 is 0 Å². The third-order valence-corrected chi connectivity index (χ3v) is 2.90. The van der Waals surface area contributed by atoms with Gasteiger partial charge in [0.05, 0.1) is 6.21 Å². The van der Waals surface area contributed by atoms with Crippen molar-refractivity contribution in [2.24, 2.45) is 5.10 Å². The summed E-state index contributed by atoms with van der Waals surface area (Å²) < 4.78 is 2.15. The highest BCUT2D eigenvalue weighted by molar-refractivity contribution is 7.71. The van der Waals surface area contributed by atoms with E-state index in [4.69, 9.17) is 23.8 Å². The molecule has 0 fully saturated rings. The predicted molar refractivity (Wildman–Crippen MR) is 75.9 cm³/mol. The normalized spacial score (nSPS) is 11.2. The van der Waals surface area contributed by atoms with Crippen molar-refractivity contribution in [3.63, 3.8) is 0 Å². The summed E-state index contributed by atoms with van der Waals surface area (Å²) in [6.07, 6.45) is 3.57. The van der Waals surface area contributed by atoms with Crippen LogP contribution in [0.1, 0.15) is 24.7 Å². The Morgan fingerprint density at radius 1 is 1.44 bits per heavy atom. The average Bonchev–Trinajstić information content (AvgIpc) is 2.71. The number of H-pyrrole nitrogens is 1. The molecule has 0 aliphatic heterocycles. The van der Waals surface area contributed by atoms with E-state index in [1.54, 1.807) is 10.9 Å². The maximum Gasteiger partial charge on any atom is 0.216 e. The van der Waals surface area contributed by atoms with Gasteiger partial charge in [-0.05, 0) is 36.3 Å². The lowest BCUT2D eigenvalue weighted by Gasteiger charge is -1.98. The van der Waals surface area contributed by atoms with E-state index in [0.29, 0.717) is 9.79 Å². The number of rotatable bonds is 4. The van der Waals surface area contributed by atoms with Crippen LogP contribution in [0.25, 0.3) is 0 Å². The zero-order valence-corrected chi connectivity index (χ0v) is 11.5. The Kier molecular flexibility index (Phi) is 4.28. The van der Waals surface area contributed by atoms with E-state index < -0.39 is 0 Å². The molecule has 1 heterocycles. The second-order valence-electron chi connectivity index (χ2n) is 3.80. The number of nitrogens with zero attached hydrogens (tertiary/aromatic N) is 3. The number of halogens is 1. The first-order valence-corrected chi connectivity index (χ1v) is 6.45. The molecule has 1 aromatic heterocycles. The second kappa shape index (κ2) is 5.93. The first-order valence-electron chi connectivity index (χ1n) is 5.67. The number of hydrogen-bond acceptors (Lipinski definition) is 3. The van der Waals surface area contributed by atoms with Crippen LogP contribution in [0.4, 0.5) is 0 Å². The van der Waals surface area contributed by atoms with E-state index in [-0.39, 0.29) is 0 Å². The average molecular weight is 281 g/mol. The van der Waals surface area contributed by atoms with Crippen LogP contribution in [0.5, 0.6) is 0 Å². The molecule has 0 spiro atoms. The van der Waals surface area contributed by atoms with Crippen LogP contribution < -0.4 is 0 Å². The highest BCUT2D eigenvalue weighted by Gasteiger charge is 2.02. The van der Waals surface area contributed by atoms with Crippen LogP contribution >= 0.6 is 23.8 Å². The molecule has 0 saturated carbocycles.